The van der Waals surface area contributed by atoms with Gasteiger partial charge in [-0.3, -0.25) is 9.59 Å². The quantitative estimate of drug-likeness (QED) is 0.626. The van der Waals surface area contributed by atoms with Gasteiger partial charge in [-0.1, -0.05) is 12.1 Å². The van der Waals surface area contributed by atoms with Crippen LogP contribution >= 0.6 is 0 Å². The van der Waals surface area contributed by atoms with Crippen LogP contribution in [0.1, 0.15) is 12.5 Å². The van der Waals surface area contributed by atoms with Crippen molar-refractivity contribution in [2.75, 3.05) is 6.54 Å². The number of sulfonamides is 1. The third kappa shape index (κ3) is 5.06. The van der Waals surface area contributed by atoms with E-state index < -0.39 is 22.5 Å². The smallest absolute Gasteiger partial charge is 0.241 e. The van der Waals surface area contributed by atoms with Crippen LogP contribution < -0.4 is 15.8 Å². The van der Waals surface area contributed by atoms with Gasteiger partial charge in [0.05, 0.1) is 11.4 Å². The van der Waals surface area contributed by atoms with Gasteiger partial charge < -0.3 is 11.1 Å². The normalized spacial score (nSPS) is 11.0. The van der Waals surface area contributed by atoms with Gasteiger partial charge in [-0.2, -0.15) is 0 Å². The molecule has 0 unspecified atom stereocenters. The van der Waals surface area contributed by atoms with E-state index in [0.29, 0.717) is 6.54 Å². The fraction of sp³-hybridized carbons (Fsp3) is 0.273. The Kier molecular flexibility index (Phi) is 5.02. The number of carbonyl (C=O) groups is 2. The van der Waals surface area contributed by atoms with Crippen LogP contribution in [0.4, 0.5) is 0 Å². The first-order valence-corrected chi connectivity index (χ1v) is 6.91. The van der Waals surface area contributed by atoms with Crippen molar-refractivity contribution in [2.45, 2.75) is 18.4 Å². The molecule has 0 spiro atoms. The Morgan fingerprint density at radius 3 is 2.26 bits per heavy atom. The van der Waals surface area contributed by atoms with Crippen molar-refractivity contribution in [1.82, 2.24) is 10.0 Å². The average Bonchev–Trinajstić information content (AvgIpc) is 2.34. The topological polar surface area (TPSA) is 118 Å². The van der Waals surface area contributed by atoms with Crippen molar-refractivity contribution < 1.29 is 18.0 Å². The molecule has 1 aromatic carbocycles. The number of nitrogens with two attached hydrogens (primary N) is 1. The van der Waals surface area contributed by atoms with Crippen molar-refractivity contribution in [3.05, 3.63) is 29.8 Å². The molecule has 0 aliphatic rings. The standard InChI is InChI=1S/C11H15N3O4S/c1-8(15)13-6-9-2-4-10(5-3-9)19(17,18)14-7-11(12)16/h2-5,14H,6-7H2,1H3,(H2,12,16)(H,13,15). The maximum atomic E-state index is 11.7. The van der Waals surface area contributed by atoms with Crippen molar-refractivity contribution >= 4 is 21.8 Å². The van der Waals surface area contributed by atoms with E-state index in [0.717, 1.165) is 5.56 Å². The second kappa shape index (κ2) is 6.30. The molecule has 0 atom stereocenters. The van der Waals surface area contributed by atoms with E-state index in [-0.39, 0.29) is 10.8 Å². The molecule has 0 aliphatic heterocycles. The number of hydrogen-bond acceptors (Lipinski definition) is 4. The molecule has 0 aromatic heterocycles. The first-order valence-electron chi connectivity index (χ1n) is 5.42. The van der Waals surface area contributed by atoms with E-state index >= 15 is 0 Å². The fourth-order valence-corrected chi connectivity index (χ4v) is 2.26. The van der Waals surface area contributed by atoms with Gasteiger partial charge in [0, 0.05) is 13.5 Å². The second-order valence-corrected chi connectivity index (χ2v) is 5.61. The van der Waals surface area contributed by atoms with Crippen molar-refractivity contribution in [3.8, 4) is 0 Å². The fourth-order valence-electron chi connectivity index (χ4n) is 1.26. The first-order chi connectivity index (χ1) is 8.81. The summed E-state index contributed by atoms with van der Waals surface area (Å²) in [5.41, 5.74) is 5.63. The highest BCUT2D eigenvalue weighted by molar-refractivity contribution is 7.89. The summed E-state index contributed by atoms with van der Waals surface area (Å²) in [5.74, 6) is -0.925. The molecule has 4 N–H and O–H groups in total. The van der Waals surface area contributed by atoms with Crippen LogP contribution in [-0.4, -0.2) is 26.8 Å². The Bertz CT molecular complexity index is 566. The van der Waals surface area contributed by atoms with Crippen LogP contribution in [0.15, 0.2) is 29.2 Å². The highest BCUT2D eigenvalue weighted by Gasteiger charge is 2.14. The third-order valence-corrected chi connectivity index (χ3v) is 3.63. The zero-order valence-electron chi connectivity index (χ0n) is 10.3. The summed E-state index contributed by atoms with van der Waals surface area (Å²) in [7, 11) is -3.74. The molecule has 104 valence electrons. The molecule has 0 saturated heterocycles. The SMILES string of the molecule is CC(=O)NCc1ccc(S(=O)(=O)NCC(N)=O)cc1. The monoisotopic (exact) mass is 285 g/mol. The summed E-state index contributed by atoms with van der Waals surface area (Å²) in [4.78, 5) is 21.3. The number of hydrogen-bond donors (Lipinski definition) is 3. The van der Waals surface area contributed by atoms with Crippen LogP contribution in [0, 0.1) is 0 Å². The summed E-state index contributed by atoms with van der Waals surface area (Å²) >= 11 is 0. The van der Waals surface area contributed by atoms with E-state index in [2.05, 4.69) is 10.0 Å². The second-order valence-electron chi connectivity index (χ2n) is 3.84. The minimum atomic E-state index is -3.74. The minimum Gasteiger partial charge on any atom is -0.369 e. The Labute approximate surface area is 111 Å². The molecule has 0 fully saturated rings. The number of benzene rings is 1. The summed E-state index contributed by atoms with van der Waals surface area (Å²) in [6.45, 7) is 1.27. The van der Waals surface area contributed by atoms with Gasteiger partial charge in [0.15, 0.2) is 0 Å². The van der Waals surface area contributed by atoms with Crippen LogP contribution in [-0.2, 0) is 26.2 Å². The van der Waals surface area contributed by atoms with Crippen LogP contribution in [0.25, 0.3) is 0 Å². The molecule has 0 bridgehead atoms. The summed E-state index contributed by atoms with van der Waals surface area (Å²) in [5, 5.41) is 2.59. The zero-order valence-corrected chi connectivity index (χ0v) is 11.2. The lowest BCUT2D eigenvalue weighted by molar-refractivity contribution is -0.119. The molecule has 8 heteroatoms. The summed E-state index contributed by atoms with van der Waals surface area (Å²) in [6.07, 6.45) is 0. The summed E-state index contributed by atoms with van der Waals surface area (Å²) in [6, 6.07) is 5.94. The van der Waals surface area contributed by atoms with Gasteiger partial charge in [-0.25, -0.2) is 13.1 Å². The molecule has 19 heavy (non-hydrogen) atoms. The van der Waals surface area contributed by atoms with Crippen molar-refractivity contribution in [1.29, 1.82) is 0 Å². The lowest BCUT2D eigenvalue weighted by Crippen LogP contribution is -2.33. The predicted molar refractivity (Wildman–Crippen MR) is 68.3 cm³/mol. The summed E-state index contributed by atoms with van der Waals surface area (Å²) < 4.78 is 25.5. The third-order valence-electron chi connectivity index (χ3n) is 2.21. The first kappa shape index (κ1) is 15.1. The Balaban J connectivity index is 2.74. The zero-order chi connectivity index (χ0) is 14.5. The largest absolute Gasteiger partial charge is 0.369 e. The molecule has 0 radical (unpaired) electrons. The number of rotatable bonds is 6. The van der Waals surface area contributed by atoms with E-state index in [1.807, 2.05) is 0 Å². The molecule has 0 saturated carbocycles. The Hall–Kier alpha value is -1.93. The van der Waals surface area contributed by atoms with Crippen LogP contribution in [0.2, 0.25) is 0 Å². The number of nitrogens with one attached hydrogen (secondary N) is 2. The molecule has 0 aliphatic carbocycles. The van der Waals surface area contributed by atoms with Gasteiger partial charge in [-0.15, -0.1) is 0 Å². The van der Waals surface area contributed by atoms with Gasteiger partial charge in [0.25, 0.3) is 0 Å². The molecule has 7 nitrogen and oxygen atoms in total. The highest BCUT2D eigenvalue weighted by Crippen LogP contribution is 2.10. The lowest BCUT2D eigenvalue weighted by atomic mass is 10.2. The molecular weight excluding hydrogens is 270 g/mol. The lowest BCUT2D eigenvalue weighted by Gasteiger charge is -2.06. The van der Waals surface area contributed by atoms with Gasteiger partial charge in [0.1, 0.15) is 0 Å². The van der Waals surface area contributed by atoms with Crippen LogP contribution in [0.3, 0.4) is 0 Å². The molecule has 1 rings (SSSR count). The maximum Gasteiger partial charge on any atom is 0.241 e. The Morgan fingerprint density at radius 1 is 1.21 bits per heavy atom. The van der Waals surface area contributed by atoms with Crippen molar-refractivity contribution in [2.24, 2.45) is 5.73 Å². The highest BCUT2D eigenvalue weighted by atomic mass is 32.2. The number of amides is 2. The number of primary amides is 1. The van der Waals surface area contributed by atoms with Crippen LogP contribution in [0.5, 0.6) is 0 Å². The van der Waals surface area contributed by atoms with Gasteiger partial charge in [0.2, 0.25) is 21.8 Å². The molecule has 2 amide bonds. The predicted octanol–water partition coefficient (Wildman–Crippen LogP) is -0.914. The van der Waals surface area contributed by atoms with Crippen molar-refractivity contribution in [3.63, 3.8) is 0 Å². The van der Waals surface area contributed by atoms with Gasteiger partial charge in [-0.05, 0) is 17.7 Å². The van der Waals surface area contributed by atoms with E-state index in [1.54, 1.807) is 12.1 Å². The molecule has 0 heterocycles. The maximum absolute atomic E-state index is 11.7. The van der Waals surface area contributed by atoms with E-state index in [1.165, 1.54) is 19.1 Å². The molecular formula is C11H15N3O4S. The van der Waals surface area contributed by atoms with Gasteiger partial charge >= 0.3 is 0 Å². The van der Waals surface area contributed by atoms with E-state index in [9.17, 15) is 18.0 Å². The molecule has 1 aromatic rings. The average molecular weight is 285 g/mol. The number of carbonyl (C=O) groups excluding carboxylic acids is 2. The minimum absolute atomic E-state index is 0.0281. The van der Waals surface area contributed by atoms with E-state index in [4.69, 9.17) is 5.73 Å². The Morgan fingerprint density at radius 2 is 1.79 bits per heavy atom.